The summed E-state index contributed by atoms with van der Waals surface area (Å²) in [5.74, 6) is 2.73. The van der Waals surface area contributed by atoms with E-state index in [4.69, 9.17) is 0 Å². The normalized spacial score (nSPS) is 37.2. The van der Waals surface area contributed by atoms with Crippen molar-refractivity contribution in [3.05, 3.63) is 30.3 Å². The minimum atomic E-state index is -3.55. The van der Waals surface area contributed by atoms with Crippen molar-refractivity contribution < 1.29 is 8.42 Å². The first-order valence-corrected chi connectivity index (χ1v) is 11.0. The van der Waals surface area contributed by atoms with Gasteiger partial charge in [-0.2, -0.15) is 13.1 Å². The van der Waals surface area contributed by atoms with E-state index in [2.05, 4.69) is 30.2 Å². The van der Waals surface area contributed by atoms with E-state index in [1.807, 2.05) is 18.2 Å². The maximum Gasteiger partial charge on any atom is 0.299 e. The molecule has 1 aromatic carbocycles. The van der Waals surface area contributed by atoms with Crippen molar-refractivity contribution in [1.82, 2.24) is 4.72 Å². The molecule has 5 rings (SSSR count). The molecule has 0 radical (unpaired) electrons. The molecule has 4 fully saturated rings. The second-order valence-electron chi connectivity index (χ2n) is 9.72. The van der Waals surface area contributed by atoms with Gasteiger partial charge in [0, 0.05) is 11.2 Å². The van der Waals surface area contributed by atoms with Crippen molar-refractivity contribution in [3.63, 3.8) is 0 Å². The highest BCUT2D eigenvalue weighted by Crippen LogP contribution is 2.62. The molecule has 0 amide bonds. The molecule has 0 aliphatic heterocycles. The molecule has 4 aliphatic rings. The Bertz CT molecular complexity index is 723. The van der Waals surface area contributed by atoms with Crippen LogP contribution in [0.5, 0.6) is 0 Å². The van der Waals surface area contributed by atoms with E-state index in [1.54, 1.807) is 12.1 Å². The summed E-state index contributed by atoms with van der Waals surface area (Å²) in [7, 11) is -3.55. The molecule has 2 unspecified atom stereocenters. The van der Waals surface area contributed by atoms with Crippen LogP contribution in [0.3, 0.4) is 0 Å². The molecular formula is C20H30N2O2S. The molecule has 4 saturated carbocycles. The van der Waals surface area contributed by atoms with Crippen molar-refractivity contribution >= 4 is 15.9 Å². The quantitative estimate of drug-likeness (QED) is 0.844. The van der Waals surface area contributed by atoms with Crippen LogP contribution in [0.4, 0.5) is 5.69 Å². The third-order valence-electron chi connectivity index (χ3n) is 6.65. The van der Waals surface area contributed by atoms with Gasteiger partial charge in [0.2, 0.25) is 0 Å². The van der Waals surface area contributed by atoms with Gasteiger partial charge < -0.3 is 0 Å². The van der Waals surface area contributed by atoms with Gasteiger partial charge in [-0.1, -0.05) is 39.0 Å². The van der Waals surface area contributed by atoms with Crippen molar-refractivity contribution in [2.24, 2.45) is 29.1 Å². The zero-order valence-corrected chi connectivity index (χ0v) is 16.3. The zero-order chi connectivity index (χ0) is 17.9. The Morgan fingerprint density at radius 1 is 1.00 bits per heavy atom. The van der Waals surface area contributed by atoms with E-state index >= 15 is 0 Å². The average molecular weight is 363 g/mol. The maximum absolute atomic E-state index is 12.7. The van der Waals surface area contributed by atoms with Crippen molar-refractivity contribution in [2.75, 3.05) is 4.72 Å². The summed E-state index contributed by atoms with van der Waals surface area (Å²) < 4.78 is 31.3. The van der Waals surface area contributed by atoms with E-state index in [1.165, 1.54) is 12.8 Å². The van der Waals surface area contributed by atoms with E-state index < -0.39 is 10.2 Å². The number of hydrogen-bond donors (Lipinski definition) is 2. The first-order chi connectivity index (χ1) is 11.7. The second-order valence-corrected chi connectivity index (χ2v) is 11.1. The lowest BCUT2D eigenvalue weighted by atomic mass is 9.45. The molecule has 2 atom stereocenters. The highest BCUT2D eigenvalue weighted by atomic mass is 32.2. The molecule has 4 nitrogen and oxygen atoms in total. The predicted molar refractivity (Wildman–Crippen MR) is 101 cm³/mol. The van der Waals surface area contributed by atoms with Gasteiger partial charge in [0.25, 0.3) is 10.2 Å². The van der Waals surface area contributed by atoms with Crippen LogP contribution in [-0.2, 0) is 10.2 Å². The van der Waals surface area contributed by atoms with Crippen LogP contribution in [-0.4, -0.2) is 14.0 Å². The van der Waals surface area contributed by atoms with E-state index in [0.717, 1.165) is 25.2 Å². The largest absolute Gasteiger partial charge is 0.299 e. The van der Waals surface area contributed by atoms with Crippen LogP contribution in [0.2, 0.25) is 0 Å². The molecule has 138 valence electrons. The Morgan fingerprint density at radius 3 is 2.16 bits per heavy atom. The van der Waals surface area contributed by atoms with E-state index in [0.29, 0.717) is 28.9 Å². The minimum Gasteiger partial charge on any atom is -0.271 e. The third-order valence-corrected chi connectivity index (χ3v) is 7.86. The molecule has 2 N–H and O–H groups in total. The zero-order valence-electron chi connectivity index (χ0n) is 15.5. The molecule has 0 aromatic heterocycles. The summed E-state index contributed by atoms with van der Waals surface area (Å²) in [4.78, 5) is 0. The van der Waals surface area contributed by atoms with Gasteiger partial charge in [-0.05, 0) is 73.3 Å². The monoisotopic (exact) mass is 362 g/mol. The number of para-hydroxylation sites is 1. The first-order valence-electron chi connectivity index (χ1n) is 9.53. The van der Waals surface area contributed by atoms with Crippen molar-refractivity contribution in [3.8, 4) is 0 Å². The summed E-state index contributed by atoms with van der Waals surface area (Å²) in [6.45, 7) is 7.06. The van der Waals surface area contributed by atoms with Gasteiger partial charge >= 0.3 is 0 Å². The minimum absolute atomic E-state index is 0.237. The summed E-state index contributed by atoms with van der Waals surface area (Å²) in [5.41, 5.74) is 0.691. The van der Waals surface area contributed by atoms with Gasteiger partial charge in [0.15, 0.2) is 0 Å². The average Bonchev–Trinajstić information content (AvgIpc) is 2.43. The molecule has 0 saturated heterocycles. The summed E-state index contributed by atoms with van der Waals surface area (Å²) in [5, 5.41) is 0. The summed E-state index contributed by atoms with van der Waals surface area (Å²) in [6, 6.07) is 9.15. The lowest BCUT2D eigenvalue weighted by Crippen LogP contribution is -2.64. The maximum atomic E-state index is 12.7. The van der Waals surface area contributed by atoms with Crippen LogP contribution >= 0.6 is 0 Å². The number of benzene rings is 1. The number of nitrogens with one attached hydrogen (secondary N) is 2. The smallest absolute Gasteiger partial charge is 0.271 e. The fraction of sp³-hybridized carbons (Fsp3) is 0.700. The number of rotatable bonds is 4. The molecule has 4 aliphatic carbocycles. The molecule has 0 heterocycles. The topological polar surface area (TPSA) is 58.2 Å². The molecule has 4 bridgehead atoms. The highest BCUT2D eigenvalue weighted by Gasteiger charge is 2.58. The van der Waals surface area contributed by atoms with E-state index in [-0.39, 0.29) is 5.54 Å². The molecule has 5 heteroatoms. The Balaban J connectivity index is 1.54. The number of anilines is 1. The summed E-state index contributed by atoms with van der Waals surface area (Å²) in [6.07, 6.45) is 5.57. The Labute approximate surface area is 152 Å². The van der Waals surface area contributed by atoms with Gasteiger partial charge in [-0.25, -0.2) is 0 Å². The van der Waals surface area contributed by atoms with Crippen molar-refractivity contribution in [1.29, 1.82) is 0 Å². The van der Waals surface area contributed by atoms with Crippen LogP contribution in [0.15, 0.2) is 30.3 Å². The van der Waals surface area contributed by atoms with Gasteiger partial charge in [-0.15, -0.1) is 0 Å². The van der Waals surface area contributed by atoms with E-state index in [9.17, 15) is 8.42 Å². The van der Waals surface area contributed by atoms with Crippen LogP contribution < -0.4 is 9.44 Å². The Morgan fingerprint density at radius 2 is 1.60 bits per heavy atom. The van der Waals surface area contributed by atoms with Crippen molar-refractivity contribution in [2.45, 2.75) is 58.4 Å². The fourth-order valence-electron chi connectivity index (χ4n) is 6.54. The van der Waals surface area contributed by atoms with Gasteiger partial charge in [0.1, 0.15) is 0 Å². The third kappa shape index (κ3) is 3.33. The SMILES string of the molecule is CC(C)(C)C1C2CC3CC1CC(NS(=O)(=O)Nc1ccccc1)(C3)C2. The Kier molecular flexibility index (Phi) is 3.97. The van der Waals surface area contributed by atoms with Crippen LogP contribution in [0, 0.1) is 29.1 Å². The summed E-state index contributed by atoms with van der Waals surface area (Å²) >= 11 is 0. The standard InChI is InChI=1S/C20H30N2O2S/c1-19(2,3)18-15-9-14-10-16(18)13-20(11-14,12-15)22-25(23,24)21-17-7-5-4-6-8-17/h4-8,14-16,18,21-22H,9-13H2,1-3H3. The van der Waals surface area contributed by atoms with Crippen LogP contribution in [0.1, 0.15) is 52.9 Å². The molecular weight excluding hydrogens is 332 g/mol. The van der Waals surface area contributed by atoms with Gasteiger partial charge in [-0.3, -0.25) is 4.72 Å². The lowest BCUT2D eigenvalue weighted by Gasteiger charge is -2.62. The number of hydrogen-bond acceptors (Lipinski definition) is 2. The van der Waals surface area contributed by atoms with Gasteiger partial charge in [0.05, 0.1) is 0 Å². The second kappa shape index (κ2) is 5.71. The Hall–Kier alpha value is -1.07. The van der Waals surface area contributed by atoms with Crippen LogP contribution in [0.25, 0.3) is 0 Å². The first kappa shape index (κ1) is 17.3. The molecule has 0 spiro atoms. The molecule has 25 heavy (non-hydrogen) atoms. The molecule has 1 aromatic rings. The fourth-order valence-corrected chi connectivity index (χ4v) is 7.85. The highest BCUT2D eigenvalue weighted by molar-refractivity contribution is 7.90. The lowest BCUT2D eigenvalue weighted by molar-refractivity contribution is -0.0969. The predicted octanol–water partition coefficient (Wildman–Crippen LogP) is 4.17.